The number of rotatable bonds is 5. The molecule has 1 fully saturated rings. The number of nitro groups is 1. The van der Waals surface area contributed by atoms with Gasteiger partial charge >= 0.3 is 5.97 Å². The minimum atomic E-state index is -0.714. The Hall–Kier alpha value is -0.870. The predicted octanol–water partition coefficient (Wildman–Crippen LogP) is 3.44. The van der Waals surface area contributed by atoms with Gasteiger partial charge < -0.3 is 5.11 Å². The molecule has 6 nitrogen and oxygen atoms in total. The normalized spacial score (nSPS) is 22.0. The number of benzene rings is 1. The molecule has 0 radical (unpaired) electrons. The molecule has 0 bridgehead atoms. The monoisotopic (exact) mass is 422 g/mol. The van der Waals surface area contributed by atoms with Gasteiger partial charge in [0.2, 0.25) is 0 Å². The van der Waals surface area contributed by atoms with Crippen LogP contribution in [0.3, 0.4) is 0 Å². The summed E-state index contributed by atoms with van der Waals surface area (Å²) in [7, 11) is 0. The van der Waals surface area contributed by atoms with Gasteiger partial charge in [0.15, 0.2) is 0 Å². The maximum atomic E-state index is 10.9. The summed E-state index contributed by atoms with van der Waals surface area (Å²) in [5, 5.41) is 19.8. The zero-order valence-electron chi connectivity index (χ0n) is 11.1. The van der Waals surface area contributed by atoms with Crippen molar-refractivity contribution in [2.24, 2.45) is 5.92 Å². The lowest BCUT2D eigenvalue weighted by Crippen LogP contribution is -2.31. The Morgan fingerprint density at radius 3 is 2.62 bits per heavy atom. The van der Waals surface area contributed by atoms with Crippen LogP contribution in [-0.4, -0.2) is 22.0 Å². The quantitative estimate of drug-likeness (QED) is 0.327. The molecule has 0 aliphatic heterocycles. The summed E-state index contributed by atoms with van der Waals surface area (Å²) in [6, 6.07) is 5.38. The maximum Gasteiger partial charge on any atom is 0.306 e. The molecule has 1 saturated carbocycles. The van der Waals surface area contributed by atoms with Gasteiger partial charge in [-0.25, -0.2) is 0 Å². The summed E-state index contributed by atoms with van der Waals surface area (Å²) >= 11 is 3.32. The Morgan fingerprint density at radius 2 is 2.05 bits per heavy atom. The highest BCUT2D eigenvalue weighted by Gasteiger charge is 2.25. The third-order valence-electron chi connectivity index (χ3n) is 3.53. The Balaban J connectivity index is 1.88. The molecule has 2 rings (SSSR count). The summed E-state index contributed by atoms with van der Waals surface area (Å²) in [5.74, 6) is -0.943. The topological polar surface area (TPSA) is 92.5 Å². The molecule has 21 heavy (non-hydrogen) atoms. The average molecular weight is 422 g/mol. The van der Waals surface area contributed by atoms with Gasteiger partial charge in [0, 0.05) is 17.0 Å². The highest BCUT2D eigenvalue weighted by Crippen LogP contribution is 2.29. The summed E-state index contributed by atoms with van der Waals surface area (Å²) in [6.45, 7) is 0. The molecule has 0 saturated heterocycles. The lowest BCUT2D eigenvalue weighted by Gasteiger charge is -2.26. The first-order valence-corrected chi connectivity index (χ1v) is 8.46. The fourth-order valence-corrected chi connectivity index (χ4v) is 3.68. The third-order valence-corrected chi connectivity index (χ3v) is 5.39. The van der Waals surface area contributed by atoms with Crippen LogP contribution in [-0.2, 0) is 4.79 Å². The largest absolute Gasteiger partial charge is 0.481 e. The van der Waals surface area contributed by atoms with Crippen LogP contribution in [0.25, 0.3) is 0 Å². The molecule has 2 N–H and O–H groups in total. The van der Waals surface area contributed by atoms with E-state index in [-0.39, 0.29) is 22.6 Å². The SMILES string of the molecule is O=C(O)C1CCC(NSc2ccc(I)c([N+](=O)[O-])c2)CC1. The van der Waals surface area contributed by atoms with Crippen molar-refractivity contribution in [2.45, 2.75) is 36.6 Å². The van der Waals surface area contributed by atoms with E-state index in [4.69, 9.17) is 5.11 Å². The molecule has 0 heterocycles. The summed E-state index contributed by atoms with van der Waals surface area (Å²) < 4.78 is 3.90. The predicted molar refractivity (Wildman–Crippen MR) is 88.2 cm³/mol. The second-order valence-electron chi connectivity index (χ2n) is 4.98. The van der Waals surface area contributed by atoms with Crippen molar-refractivity contribution < 1.29 is 14.8 Å². The van der Waals surface area contributed by atoms with Gasteiger partial charge in [-0.3, -0.25) is 19.6 Å². The zero-order valence-corrected chi connectivity index (χ0v) is 14.1. The molecule has 1 aliphatic carbocycles. The molecule has 0 unspecified atom stereocenters. The van der Waals surface area contributed by atoms with E-state index in [2.05, 4.69) is 4.72 Å². The molecular weight excluding hydrogens is 407 g/mol. The van der Waals surface area contributed by atoms with Crippen LogP contribution in [0.1, 0.15) is 25.7 Å². The number of carbonyl (C=O) groups is 1. The summed E-state index contributed by atoms with van der Waals surface area (Å²) in [6.07, 6.45) is 2.99. The van der Waals surface area contributed by atoms with Gasteiger partial charge in [0.25, 0.3) is 5.69 Å². The van der Waals surface area contributed by atoms with Gasteiger partial charge in [-0.2, -0.15) is 0 Å². The summed E-state index contributed by atoms with van der Waals surface area (Å²) in [5.41, 5.74) is 0.108. The number of nitrogens with zero attached hydrogens (tertiary/aromatic N) is 1. The number of hydrogen-bond acceptors (Lipinski definition) is 5. The minimum Gasteiger partial charge on any atom is -0.481 e. The number of carboxylic acid groups (broad SMARTS) is 1. The van der Waals surface area contributed by atoms with Crippen molar-refractivity contribution in [1.82, 2.24) is 4.72 Å². The summed E-state index contributed by atoms with van der Waals surface area (Å²) in [4.78, 5) is 22.2. The van der Waals surface area contributed by atoms with Crippen LogP contribution < -0.4 is 4.72 Å². The molecule has 1 aromatic carbocycles. The Morgan fingerprint density at radius 1 is 1.38 bits per heavy atom. The number of hydrogen-bond donors (Lipinski definition) is 2. The number of nitrogens with one attached hydrogen (secondary N) is 1. The molecule has 0 atom stereocenters. The molecule has 0 aromatic heterocycles. The third kappa shape index (κ3) is 4.55. The van der Waals surface area contributed by atoms with E-state index in [1.54, 1.807) is 12.1 Å². The number of nitro benzene ring substituents is 1. The van der Waals surface area contributed by atoms with Crippen LogP contribution in [0.4, 0.5) is 5.69 Å². The van der Waals surface area contributed by atoms with Crippen molar-refractivity contribution in [1.29, 1.82) is 0 Å². The van der Waals surface area contributed by atoms with Crippen molar-refractivity contribution in [3.05, 3.63) is 31.9 Å². The van der Waals surface area contributed by atoms with Gasteiger partial charge in [0.1, 0.15) is 0 Å². The van der Waals surface area contributed by atoms with Gasteiger partial charge in [-0.05, 0) is 72.4 Å². The number of aliphatic carboxylic acids is 1. The molecule has 114 valence electrons. The van der Waals surface area contributed by atoms with Crippen LogP contribution in [0, 0.1) is 19.6 Å². The second kappa shape index (κ2) is 7.41. The van der Waals surface area contributed by atoms with E-state index in [0.29, 0.717) is 16.4 Å². The molecule has 0 spiro atoms. The highest BCUT2D eigenvalue weighted by atomic mass is 127. The zero-order chi connectivity index (χ0) is 15.4. The van der Waals surface area contributed by atoms with Crippen molar-refractivity contribution in [3.63, 3.8) is 0 Å². The van der Waals surface area contributed by atoms with E-state index in [0.717, 1.165) is 17.7 Å². The minimum absolute atomic E-state index is 0.108. The smallest absolute Gasteiger partial charge is 0.306 e. The lowest BCUT2D eigenvalue weighted by molar-refractivity contribution is -0.386. The van der Waals surface area contributed by atoms with Crippen LogP contribution in [0.5, 0.6) is 0 Å². The lowest BCUT2D eigenvalue weighted by atomic mass is 9.87. The van der Waals surface area contributed by atoms with Crippen LogP contribution in [0.15, 0.2) is 23.1 Å². The van der Waals surface area contributed by atoms with Crippen molar-refractivity contribution in [2.75, 3.05) is 0 Å². The first-order valence-electron chi connectivity index (χ1n) is 6.56. The maximum absolute atomic E-state index is 10.9. The van der Waals surface area contributed by atoms with E-state index >= 15 is 0 Å². The van der Waals surface area contributed by atoms with E-state index < -0.39 is 5.97 Å². The van der Waals surface area contributed by atoms with E-state index in [9.17, 15) is 14.9 Å². The number of carboxylic acids is 1. The van der Waals surface area contributed by atoms with E-state index in [1.807, 2.05) is 28.7 Å². The van der Waals surface area contributed by atoms with Crippen molar-refractivity contribution >= 4 is 46.2 Å². The Labute approximate surface area is 140 Å². The Kier molecular flexibility index (Phi) is 5.82. The van der Waals surface area contributed by atoms with E-state index in [1.165, 1.54) is 11.9 Å². The van der Waals surface area contributed by atoms with Gasteiger partial charge in [-0.1, -0.05) is 0 Å². The molecular formula is C13H15IN2O4S. The fraction of sp³-hybridized carbons (Fsp3) is 0.462. The first kappa shape index (κ1) is 16.5. The standard InChI is InChI=1S/C13H15IN2O4S/c14-11-6-5-10(7-12(11)16(19)20)21-15-9-3-1-8(2-4-9)13(17)18/h5-9,15H,1-4H2,(H,17,18). The second-order valence-corrected chi connectivity index (χ2v) is 7.05. The fourth-order valence-electron chi connectivity index (χ4n) is 2.31. The highest BCUT2D eigenvalue weighted by molar-refractivity contribution is 14.1. The molecule has 1 aromatic rings. The van der Waals surface area contributed by atoms with Crippen molar-refractivity contribution in [3.8, 4) is 0 Å². The van der Waals surface area contributed by atoms with Gasteiger partial charge in [0.05, 0.1) is 14.4 Å². The first-order chi connectivity index (χ1) is 9.97. The van der Waals surface area contributed by atoms with Crippen LogP contribution in [0.2, 0.25) is 0 Å². The molecule has 0 amide bonds. The van der Waals surface area contributed by atoms with Crippen LogP contribution >= 0.6 is 34.5 Å². The molecule has 1 aliphatic rings. The average Bonchev–Trinajstić information content (AvgIpc) is 2.46. The van der Waals surface area contributed by atoms with Gasteiger partial charge in [-0.15, -0.1) is 0 Å². The Bertz CT molecular complexity index is 547. The molecule has 8 heteroatoms. The number of halogens is 1.